The first kappa shape index (κ1) is 24.5. The van der Waals surface area contributed by atoms with Crippen LogP contribution in [-0.4, -0.2) is 28.1 Å². The molecule has 4 heteroatoms. The molecule has 0 aromatic carbocycles. The average Bonchev–Trinajstić information content (AvgIpc) is 2.74. The molecule has 5 rings (SSSR count). The zero-order valence-corrected chi connectivity index (χ0v) is 22.5. The molecule has 8 unspecified atom stereocenters. The summed E-state index contributed by atoms with van der Waals surface area (Å²) in [4.78, 5) is 25.7. The van der Waals surface area contributed by atoms with E-state index in [1.165, 1.54) is 5.57 Å². The first-order valence-electron chi connectivity index (χ1n) is 13.7. The number of carbonyl (C=O) groups excluding carboxylic acids is 1. The van der Waals surface area contributed by atoms with Crippen molar-refractivity contribution in [3.05, 3.63) is 11.6 Å². The number of Topliss-reactive ketones (excluding diaryl/α,β-unsaturated/α-hetero) is 1. The fourth-order valence-electron chi connectivity index (χ4n) is 10.4. The number of carboxylic acid groups (broad SMARTS) is 1. The van der Waals surface area contributed by atoms with Crippen LogP contribution in [0.2, 0.25) is 0 Å². The van der Waals surface area contributed by atoms with Gasteiger partial charge < -0.3 is 10.2 Å². The molecule has 8 atom stereocenters. The Bertz CT molecular complexity index is 961. The van der Waals surface area contributed by atoms with Gasteiger partial charge in [-0.2, -0.15) is 0 Å². The van der Waals surface area contributed by atoms with E-state index in [1.54, 1.807) is 0 Å². The standard InChI is InChI=1S/C30H46O4/c1-25(2)12-14-30(24(33)34)15-13-28(6)18(19(30)17-25)8-9-20-27(5)11-10-22(31)26(3,4)21(27)16-23(32)29(20,28)7/h8,19-21,23,32H,9-17H2,1-7H3,(H,33,34). The van der Waals surface area contributed by atoms with Crippen molar-refractivity contribution in [3.8, 4) is 0 Å². The number of allylic oxidation sites excluding steroid dienone is 2. The van der Waals surface area contributed by atoms with Crippen LogP contribution in [0, 0.1) is 50.2 Å². The Morgan fingerprint density at radius 1 is 0.941 bits per heavy atom. The molecule has 0 amide bonds. The van der Waals surface area contributed by atoms with Gasteiger partial charge in [-0.25, -0.2) is 0 Å². The fraction of sp³-hybridized carbons (Fsp3) is 0.867. The molecule has 0 aromatic heterocycles. The van der Waals surface area contributed by atoms with Crippen molar-refractivity contribution in [2.45, 2.75) is 112 Å². The quantitative estimate of drug-likeness (QED) is 0.434. The van der Waals surface area contributed by atoms with Crippen LogP contribution < -0.4 is 0 Å². The third kappa shape index (κ3) is 2.75. The predicted molar refractivity (Wildman–Crippen MR) is 133 cm³/mol. The largest absolute Gasteiger partial charge is 0.481 e. The van der Waals surface area contributed by atoms with Gasteiger partial charge in [0, 0.05) is 17.3 Å². The smallest absolute Gasteiger partial charge is 0.310 e. The van der Waals surface area contributed by atoms with Crippen molar-refractivity contribution < 1.29 is 19.8 Å². The first-order chi connectivity index (χ1) is 15.6. The molecule has 5 aliphatic rings. The van der Waals surface area contributed by atoms with Crippen molar-refractivity contribution in [3.63, 3.8) is 0 Å². The fourth-order valence-corrected chi connectivity index (χ4v) is 10.4. The maximum atomic E-state index is 12.9. The van der Waals surface area contributed by atoms with Gasteiger partial charge >= 0.3 is 5.97 Å². The van der Waals surface area contributed by atoms with Crippen molar-refractivity contribution in [2.75, 3.05) is 0 Å². The number of hydrogen-bond donors (Lipinski definition) is 2. The molecule has 0 bridgehead atoms. The highest BCUT2D eigenvalue weighted by Gasteiger charge is 2.71. The Balaban J connectivity index is 1.64. The van der Waals surface area contributed by atoms with Crippen LogP contribution in [0.5, 0.6) is 0 Å². The molecule has 0 aromatic rings. The summed E-state index contributed by atoms with van der Waals surface area (Å²) in [5.41, 5.74) is -0.120. The Hall–Kier alpha value is -1.16. The monoisotopic (exact) mass is 470 g/mol. The maximum Gasteiger partial charge on any atom is 0.310 e. The second-order valence-corrected chi connectivity index (χ2v) is 14.9. The zero-order chi connectivity index (χ0) is 25.1. The number of aliphatic hydroxyl groups excluding tert-OH is 1. The van der Waals surface area contributed by atoms with E-state index in [2.05, 4.69) is 54.5 Å². The minimum atomic E-state index is -0.657. The van der Waals surface area contributed by atoms with Crippen molar-refractivity contribution in [2.24, 2.45) is 50.2 Å². The lowest BCUT2D eigenvalue weighted by Crippen LogP contribution is -2.68. The third-order valence-corrected chi connectivity index (χ3v) is 12.9. The van der Waals surface area contributed by atoms with E-state index in [1.807, 2.05) is 0 Å². The van der Waals surface area contributed by atoms with Gasteiger partial charge in [0.05, 0.1) is 11.5 Å². The lowest BCUT2D eigenvalue weighted by molar-refractivity contribution is -0.227. The summed E-state index contributed by atoms with van der Waals surface area (Å²) in [6.07, 6.45) is 9.22. The summed E-state index contributed by atoms with van der Waals surface area (Å²) in [5, 5.41) is 22.4. The summed E-state index contributed by atoms with van der Waals surface area (Å²) < 4.78 is 0. The van der Waals surface area contributed by atoms with Crippen molar-refractivity contribution in [1.29, 1.82) is 0 Å². The van der Waals surface area contributed by atoms with Gasteiger partial charge in [-0.15, -0.1) is 0 Å². The lowest BCUT2D eigenvalue weighted by atomic mass is 9.33. The van der Waals surface area contributed by atoms with E-state index in [9.17, 15) is 19.8 Å². The normalized spacial score (nSPS) is 51.3. The Morgan fingerprint density at radius 2 is 1.59 bits per heavy atom. The molecule has 0 saturated heterocycles. The topological polar surface area (TPSA) is 74.6 Å². The van der Waals surface area contributed by atoms with Gasteiger partial charge in [0.2, 0.25) is 0 Å². The van der Waals surface area contributed by atoms with E-state index in [0.717, 1.165) is 38.5 Å². The molecular formula is C30H46O4. The Morgan fingerprint density at radius 3 is 2.24 bits per heavy atom. The summed E-state index contributed by atoms with van der Waals surface area (Å²) in [7, 11) is 0. The second kappa shape index (κ2) is 6.99. The Labute approximate surface area is 206 Å². The van der Waals surface area contributed by atoms with Crippen LogP contribution in [0.1, 0.15) is 106 Å². The van der Waals surface area contributed by atoms with E-state index in [0.29, 0.717) is 31.0 Å². The predicted octanol–water partition coefficient (Wildman–Crippen LogP) is 6.41. The minimum Gasteiger partial charge on any atom is -0.481 e. The molecule has 0 spiro atoms. The molecular weight excluding hydrogens is 424 g/mol. The third-order valence-electron chi connectivity index (χ3n) is 12.9. The second-order valence-electron chi connectivity index (χ2n) is 14.9. The van der Waals surface area contributed by atoms with Crippen LogP contribution in [0.15, 0.2) is 11.6 Å². The summed E-state index contributed by atoms with van der Waals surface area (Å²) in [6, 6.07) is 0. The number of aliphatic hydroxyl groups is 1. The highest BCUT2D eigenvalue weighted by Crippen LogP contribution is 2.75. The van der Waals surface area contributed by atoms with Crippen LogP contribution in [0.4, 0.5) is 0 Å². The molecule has 0 radical (unpaired) electrons. The van der Waals surface area contributed by atoms with Gasteiger partial charge in [-0.05, 0) is 85.4 Å². The van der Waals surface area contributed by atoms with E-state index >= 15 is 0 Å². The zero-order valence-electron chi connectivity index (χ0n) is 22.5. The number of aliphatic carboxylic acids is 1. The number of carbonyl (C=O) groups is 2. The van der Waals surface area contributed by atoms with Crippen molar-refractivity contribution >= 4 is 11.8 Å². The lowest BCUT2D eigenvalue weighted by Gasteiger charge is -2.71. The number of carboxylic acids is 1. The maximum absolute atomic E-state index is 12.9. The van der Waals surface area contributed by atoms with Gasteiger partial charge in [0.15, 0.2) is 0 Å². The molecule has 0 aliphatic heterocycles. The van der Waals surface area contributed by atoms with Crippen LogP contribution in [0.3, 0.4) is 0 Å². The number of rotatable bonds is 1. The summed E-state index contributed by atoms with van der Waals surface area (Å²) in [6.45, 7) is 15.9. The van der Waals surface area contributed by atoms with Gasteiger partial charge in [0.25, 0.3) is 0 Å². The Kier molecular flexibility index (Phi) is 5.04. The molecule has 4 saturated carbocycles. The van der Waals surface area contributed by atoms with Gasteiger partial charge in [-0.1, -0.05) is 60.1 Å². The SMILES string of the molecule is CC1(C)CCC2(C(=O)O)CCC3(C)C(=CCC4C5(C)CCC(=O)C(C)(C)C5CC(O)C43C)C2C1. The van der Waals surface area contributed by atoms with E-state index in [4.69, 9.17) is 0 Å². The van der Waals surface area contributed by atoms with Crippen LogP contribution in [-0.2, 0) is 9.59 Å². The number of ketones is 1. The average molecular weight is 471 g/mol. The number of hydrogen-bond acceptors (Lipinski definition) is 3. The number of fused-ring (bicyclic) bond motifs is 7. The van der Waals surface area contributed by atoms with Crippen LogP contribution in [0.25, 0.3) is 0 Å². The summed E-state index contributed by atoms with van der Waals surface area (Å²) in [5.74, 6) is 0.253. The molecule has 4 fully saturated rings. The highest BCUT2D eigenvalue weighted by molar-refractivity contribution is 5.85. The van der Waals surface area contributed by atoms with Crippen LogP contribution >= 0.6 is 0 Å². The first-order valence-corrected chi connectivity index (χ1v) is 13.7. The minimum absolute atomic E-state index is 0.00357. The van der Waals surface area contributed by atoms with Crippen molar-refractivity contribution in [1.82, 2.24) is 0 Å². The van der Waals surface area contributed by atoms with E-state index in [-0.39, 0.29) is 33.5 Å². The highest BCUT2D eigenvalue weighted by atomic mass is 16.4. The van der Waals surface area contributed by atoms with E-state index < -0.39 is 22.9 Å². The van der Waals surface area contributed by atoms with Gasteiger partial charge in [0.1, 0.15) is 5.78 Å². The van der Waals surface area contributed by atoms with Gasteiger partial charge in [-0.3, -0.25) is 9.59 Å². The molecule has 190 valence electrons. The molecule has 4 nitrogen and oxygen atoms in total. The molecule has 34 heavy (non-hydrogen) atoms. The molecule has 2 N–H and O–H groups in total. The molecule has 0 heterocycles. The summed E-state index contributed by atoms with van der Waals surface area (Å²) >= 11 is 0. The molecule has 5 aliphatic carbocycles.